The Hall–Kier alpha value is -2.08. The lowest BCUT2D eigenvalue weighted by molar-refractivity contribution is -0.167. The summed E-state index contributed by atoms with van der Waals surface area (Å²) in [4.78, 5) is 43.7. The van der Waals surface area contributed by atoms with Gasteiger partial charge in [-0.15, -0.1) is 0 Å². The fourth-order valence-electron chi connectivity index (χ4n) is 3.98. The molecule has 2 saturated heterocycles. The van der Waals surface area contributed by atoms with Crippen molar-refractivity contribution in [3.8, 4) is 0 Å². The molecular weight excluding hydrogens is 366 g/mol. The Labute approximate surface area is 165 Å². The second-order valence-electron chi connectivity index (χ2n) is 7.58. The fraction of sp³-hybridized carbons (Fsp3) is 0.550. The second kappa shape index (κ2) is 7.50. The van der Waals surface area contributed by atoms with Crippen LogP contribution in [0.2, 0.25) is 5.02 Å². The molecule has 2 aliphatic rings. The molecule has 1 spiro atoms. The topological polar surface area (TPSA) is 60.9 Å². The first-order valence-electron chi connectivity index (χ1n) is 9.42. The fourth-order valence-corrected chi connectivity index (χ4v) is 4.10. The molecule has 3 rings (SSSR count). The van der Waals surface area contributed by atoms with Crippen molar-refractivity contribution in [1.29, 1.82) is 0 Å². The van der Waals surface area contributed by atoms with Crippen LogP contribution >= 0.6 is 11.6 Å². The van der Waals surface area contributed by atoms with Crippen molar-refractivity contribution in [2.24, 2.45) is 0 Å². The Morgan fingerprint density at radius 2 is 1.89 bits per heavy atom. The molecule has 1 atom stereocenters. The average Bonchev–Trinajstić information content (AvgIpc) is 3.09. The number of carbonyl (C=O) groups excluding carboxylic acids is 3. The van der Waals surface area contributed by atoms with Crippen LogP contribution in [0.3, 0.4) is 0 Å². The first-order valence-corrected chi connectivity index (χ1v) is 9.80. The van der Waals surface area contributed by atoms with E-state index in [0.29, 0.717) is 31.0 Å². The maximum absolute atomic E-state index is 13.4. The van der Waals surface area contributed by atoms with E-state index in [-0.39, 0.29) is 36.9 Å². The Morgan fingerprint density at radius 3 is 2.48 bits per heavy atom. The summed E-state index contributed by atoms with van der Waals surface area (Å²) in [6.45, 7) is 6.81. The Kier molecular flexibility index (Phi) is 5.47. The second-order valence-corrected chi connectivity index (χ2v) is 8.02. The van der Waals surface area contributed by atoms with Crippen LogP contribution in [0, 0.1) is 0 Å². The quantitative estimate of drug-likeness (QED) is 0.791. The van der Waals surface area contributed by atoms with Gasteiger partial charge in [0.15, 0.2) is 0 Å². The van der Waals surface area contributed by atoms with Gasteiger partial charge in [0.05, 0.1) is 6.54 Å². The molecule has 2 heterocycles. The summed E-state index contributed by atoms with van der Waals surface area (Å²) in [6, 6.07) is 7.23. The van der Waals surface area contributed by atoms with Crippen molar-refractivity contribution in [2.75, 3.05) is 19.6 Å². The predicted octanol–water partition coefficient (Wildman–Crippen LogP) is 2.30. The SMILES string of the molecule is CCC(=O)N1CCC2(C1)C(=O)N(C(C)C)CC(=O)N2Cc1ccc(Cl)cc1. The predicted molar refractivity (Wildman–Crippen MR) is 103 cm³/mol. The molecule has 3 amide bonds. The van der Waals surface area contributed by atoms with Crippen LogP contribution in [0.4, 0.5) is 0 Å². The van der Waals surface area contributed by atoms with E-state index in [1.165, 1.54) is 0 Å². The molecule has 0 aliphatic carbocycles. The Bertz CT molecular complexity index is 749. The molecule has 0 radical (unpaired) electrons. The summed E-state index contributed by atoms with van der Waals surface area (Å²) in [5, 5.41) is 0.626. The van der Waals surface area contributed by atoms with Crippen molar-refractivity contribution in [1.82, 2.24) is 14.7 Å². The van der Waals surface area contributed by atoms with Gasteiger partial charge >= 0.3 is 0 Å². The molecule has 2 fully saturated rings. The minimum atomic E-state index is -0.982. The van der Waals surface area contributed by atoms with Crippen LogP contribution in [0.5, 0.6) is 0 Å². The zero-order valence-electron chi connectivity index (χ0n) is 16.1. The van der Waals surface area contributed by atoms with Crippen molar-refractivity contribution in [2.45, 2.75) is 51.7 Å². The monoisotopic (exact) mass is 391 g/mol. The van der Waals surface area contributed by atoms with Gasteiger partial charge in [-0.2, -0.15) is 0 Å². The van der Waals surface area contributed by atoms with Gasteiger partial charge in [-0.05, 0) is 38.0 Å². The first-order chi connectivity index (χ1) is 12.8. The number of carbonyl (C=O) groups is 3. The molecule has 6 nitrogen and oxygen atoms in total. The normalized spacial score (nSPS) is 23.1. The summed E-state index contributed by atoms with van der Waals surface area (Å²) < 4.78 is 0. The van der Waals surface area contributed by atoms with E-state index in [9.17, 15) is 14.4 Å². The van der Waals surface area contributed by atoms with Crippen LogP contribution in [-0.2, 0) is 20.9 Å². The number of likely N-dealkylation sites (tertiary alicyclic amines) is 1. The summed E-state index contributed by atoms with van der Waals surface area (Å²) in [7, 11) is 0. The number of amides is 3. The highest BCUT2D eigenvalue weighted by Crippen LogP contribution is 2.36. The number of rotatable bonds is 4. The molecule has 27 heavy (non-hydrogen) atoms. The van der Waals surface area contributed by atoms with Gasteiger partial charge in [-0.25, -0.2) is 0 Å². The highest BCUT2D eigenvalue weighted by Gasteiger charge is 2.56. The number of nitrogens with zero attached hydrogens (tertiary/aromatic N) is 3. The van der Waals surface area contributed by atoms with Crippen molar-refractivity contribution < 1.29 is 14.4 Å². The van der Waals surface area contributed by atoms with Gasteiger partial charge in [-0.1, -0.05) is 30.7 Å². The molecule has 7 heteroatoms. The lowest BCUT2D eigenvalue weighted by Gasteiger charge is -2.48. The third kappa shape index (κ3) is 3.55. The zero-order chi connectivity index (χ0) is 19.8. The van der Waals surface area contributed by atoms with Crippen molar-refractivity contribution in [3.63, 3.8) is 0 Å². The van der Waals surface area contributed by atoms with Gasteiger partial charge < -0.3 is 14.7 Å². The van der Waals surface area contributed by atoms with E-state index in [1.807, 2.05) is 32.9 Å². The molecule has 1 unspecified atom stereocenters. The van der Waals surface area contributed by atoms with E-state index in [1.54, 1.807) is 26.8 Å². The van der Waals surface area contributed by atoms with Crippen LogP contribution in [0.25, 0.3) is 0 Å². The summed E-state index contributed by atoms with van der Waals surface area (Å²) >= 11 is 5.97. The van der Waals surface area contributed by atoms with E-state index < -0.39 is 5.54 Å². The summed E-state index contributed by atoms with van der Waals surface area (Å²) in [6.07, 6.45) is 0.865. The molecule has 146 valence electrons. The van der Waals surface area contributed by atoms with Gasteiger partial charge in [0.1, 0.15) is 12.1 Å². The number of halogens is 1. The number of benzene rings is 1. The standard InChI is InChI=1S/C20H26ClN3O3/c1-4-17(25)22-10-9-20(13-22)19(27)23(14(2)3)12-18(26)24(20)11-15-5-7-16(21)8-6-15/h5-8,14H,4,9-13H2,1-3H3. The average molecular weight is 392 g/mol. The molecule has 0 N–H and O–H groups in total. The lowest BCUT2D eigenvalue weighted by atomic mass is 9.89. The maximum atomic E-state index is 13.4. The highest BCUT2D eigenvalue weighted by molar-refractivity contribution is 6.30. The Balaban J connectivity index is 1.96. The highest BCUT2D eigenvalue weighted by atomic mass is 35.5. The summed E-state index contributed by atoms with van der Waals surface area (Å²) in [5.74, 6) is -0.123. The molecule has 1 aromatic rings. The van der Waals surface area contributed by atoms with Gasteiger partial charge in [0.25, 0.3) is 5.91 Å². The number of hydrogen-bond donors (Lipinski definition) is 0. The van der Waals surface area contributed by atoms with Gasteiger partial charge in [-0.3, -0.25) is 14.4 Å². The molecule has 1 aromatic carbocycles. The Morgan fingerprint density at radius 1 is 1.22 bits per heavy atom. The van der Waals surface area contributed by atoms with E-state index in [4.69, 9.17) is 11.6 Å². The van der Waals surface area contributed by atoms with E-state index in [0.717, 1.165) is 5.56 Å². The molecule has 2 aliphatic heterocycles. The van der Waals surface area contributed by atoms with Crippen LogP contribution in [-0.4, -0.2) is 63.6 Å². The number of hydrogen-bond acceptors (Lipinski definition) is 3. The molecule has 0 saturated carbocycles. The van der Waals surface area contributed by atoms with Gasteiger partial charge in [0.2, 0.25) is 11.8 Å². The van der Waals surface area contributed by atoms with Gasteiger partial charge in [0, 0.05) is 30.6 Å². The van der Waals surface area contributed by atoms with Crippen LogP contribution < -0.4 is 0 Å². The molecule has 0 aromatic heterocycles. The molecule has 0 bridgehead atoms. The van der Waals surface area contributed by atoms with E-state index in [2.05, 4.69) is 0 Å². The maximum Gasteiger partial charge on any atom is 0.251 e. The zero-order valence-corrected chi connectivity index (χ0v) is 16.8. The van der Waals surface area contributed by atoms with Crippen LogP contribution in [0.15, 0.2) is 24.3 Å². The minimum absolute atomic E-state index is 0.0141. The van der Waals surface area contributed by atoms with E-state index >= 15 is 0 Å². The third-order valence-corrected chi connectivity index (χ3v) is 5.81. The van der Waals surface area contributed by atoms with Crippen molar-refractivity contribution >= 4 is 29.3 Å². The smallest absolute Gasteiger partial charge is 0.251 e. The summed E-state index contributed by atoms with van der Waals surface area (Å²) in [5.41, 5.74) is -0.0671. The minimum Gasteiger partial charge on any atom is -0.340 e. The lowest BCUT2D eigenvalue weighted by Crippen LogP contribution is -2.69. The third-order valence-electron chi connectivity index (χ3n) is 5.56. The molecular formula is C20H26ClN3O3. The largest absolute Gasteiger partial charge is 0.340 e. The van der Waals surface area contributed by atoms with Crippen molar-refractivity contribution in [3.05, 3.63) is 34.9 Å². The first kappa shape index (κ1) is 19.7. The van der Waals surface area contributed by atoms with Crippen LogP contribution in [0.1, 0.15) is 39.2 Å². The number of piperazine rings is 1.